The topological polar surface area (TPSA) is 75.6 Å². The summed E-state index contributed by atoms with van der Waals surface area (Å²) in [5.41, 5.74) is 0. The third-order valence-electron chi connectivity index (χ3n) is 5.23. The van der Waals surface area contributed by atoms with E-state index in [4.69, 9.17) is 9.84 Å². The second kappa shape index (κ2) is 5.12. The molecular weight excluding hydrogens is 246 g/mol. The molecule has 5 atom stereocenters. The van der Waals surface area contributed by atoms with Crippen LogP contribution in [-0.4, -0.2) is 36.2 Å². The second-order valence-corrected chi connectivity index (χ2v) is 6.21. The fourth-order valence-corrected chi connectivity index (χ4v) is 4.71. The second-order valence-electron chi connectivity index (χ2n) is 6.21. The van der Waals surface area contributed by atoms with Crippen LogP contribution >= 0.6 is 0 Å². The first-order valence-electron chi connectivity index (χ1n) is 7.24. The number of hydrogen-bond acceptors (Lipinski definition) is 3. The van der Waals surface area contributed by atoms with Crippen molar-refractivity contribution in [1.82, 2.24) is 5.32 Å². The predicted octanol–water partition coefficient (Wildman–Crippen LogP) is 1.03. The molecule has 106 valence electrons. The highest BCUT2D eigenvalue weighted by atomic mass is 16.5. The van der Waals surface area contributed by atoms with Gasteiger partial charge in [0.2, 0.25) is 5.91 Å². The Morgan fingerprint density at radius 1 is 1.11 bits per heavy atom. The molecule has 1 amide bonds. The Hall–Kier alpha value is -1.10. The number of rotatable bonds is 5. The van der Waals surface area contributed by atoms with E-state index < -0.39 is 12.6 Å². The van der Waals surface area contributed by atoms with Gasteiger partial charge in [-0.2, -0.15) is 0 Å². The maximum absolute atomic E-state index is 11.7. The van der Waals surface area contributed by atoms with Gasteiger partial charge in [0.25, 0.3) is 0 Å². The van der Waals surface area contributed by atoms with Gasteiger partial charge in [0.15, 0.2) is 0 Å². The number of hydrogen-bond donors (Lipinski definition) is 2. The third-order valence-corrected chi connectivity index (χ3v) is 5.23. The lowest BCUT2D eigenvalue weighted by Gasteiger charge is -2.32. The van der Waals surface area contributed by atoms with Gasteiger partial charge >= 0.3 is 5.97 Å². The number of carboxylic acid groups (broad SMARTS) is 1. The minimum absolute atomic E-state index is 0.145. The summed E-state index contributed by atoms with van der Waals surface area (Å²) in [6, 6.07) is 0.297. The lowest BCUT2D eigenvalue weighted by Crippen LogP contribution is -2.44. The molecule has 0 aromatic rings. The van der Waals surface area contributed by atoms with Crippen molar-refractivity contribution in [3.05, 3.63) is 0 Å². The highest BCUT2D eigenvalue weighted by Gasteiger charge is 2.53. The first-order valence-corrected chi connectivity index (χ1v) is 7.24. The van der Waals surface area contributed by atoms with Gasteiger partial charge in [-0.15, -0.1) is 0 Å². The van der Waals surface area contributed by atoms with E-state index in [0.717, 1.165) is 24.2 Å². The molecular formula is C14H21NO4. The average Bonchev–Trinajstić information content (AvgIpc) is 2.98. The van der Waals surface area contributed by atoms with Crippen LogP contribution in [0.2, 0.25) is 0 Å². The highest BCUT2D eigenvalue weighted by molar-refractivity contribution is 5.78. The van der Waals surface area contributed by atoms with Crippen molar-refractivity contribution in [2.45, 2.75) is 38.1 Å². The number of aliphatic carboxylic acids is 1. The van der Waals surface area contributed by atoms with Gasteiger partial charge in [-0.25, -0.2) is 4.79 Å². The summed E-state index contributed by atoms with van der Waals surface area (Å²) in [6.45, 7) is -0.552. The SMILES string of the molecule is O=C(O)COCC(=O)NC1CC2CC1C1CCCC21. The molecule has 3 saturated carbocycles. The van der Waals surface area contributed by atoms with E-state index in [2.05, 4.69) is 5.32 Å². The van der Waals surface area contributed by atoms with Crippen LogP contribution in [0.5, 0.6) is 0 Å². The molecule has 2 N–H and O–H groups in total. The molecule has 0 heterocycles. The fourth-order valence-electron chi connectivity index (χ4n) is 4.71. The van der Waals surface area contributed by atoms with Gasteiger partial charge < -0.3 is 15.2 Å². The van der Waals surface area contributed by atoms with Crippen molar-refractivity contribution < 1.29 is 19.4 Å². The first-order chi connectivity index (χ1) is 9.15. The number of fused-ring (bicyclic) bond motifs is 5. The van der Waals surface area contributed by atoms with Gasteiger partial charge in [-0.3, -0.25) is 4.79 Å². The van der Waals surface area contributed by atoms with Crippen molar-refractivity contribution in [3.8, 4) is 0 Å². The zero-order valence-corrected chi connectivity index (χ0v) is 11.0. The molecule has 19 heavy (non-hydrogen) atoms. The Bertz CT molecular complexity index is 384. The van der Waals surface area contributed by atoms with Crippen LogP contribution in [0.4, 0.5) is 0 Å². The summed E-state index contributed by atoms with van der Waals surface area (Å²) >= 11 is 0. The molecule has 5 unspecified atom stereocenters. The van der Waals surface area contributed by atoms with Gasteiger partial charge in [0, 0.05) is 6.04 Å². The van der Waals surface area contributed by atoms with Crippen LogP contribution in [-0.2, 0) is 14.3 Å². The number of carboxylic acids is 1. The van der Waals surface area contributed by atoms with Crippen LogP contribution < -0.4 is 5.32 Å². The van der Waals surface area contributed by atoms with Crippen molar-refractivity contribution >= 4 is 11.9 Å². The molecule has 0 saturated heterocycles. The number of ether oxygens (including phenoxy) is 1. The van der Waals surface area contributed by atoms with E-state index in [1.165, 1.54) is 25.7 Å². The summed E-state index contributed by atoms with van der Waals surface area (Å²) in [5.74, 6) is 1.99. The molecule has 3 aliphatic carbocycles. The Morgan fingerprint density at radius 3 is 2.68 bits per heavy atom. The Kier molecular flexibility index (Phi) is 3.48. The Morgan fingerprint density at radius 2 is 1.89 bits per heavy atom. The Labute approximate surface area is 112 Å². The quantitative estimate of drug-likeness (QED) is 0.780. The molecule has 2 bridgehead atoms. The first kappa shape index (κ1) is 12.9. The standard InChI is InChI=1S/C14H21NO4/c16-13(6-19-7-14(17)18)15-12-5-8-4-11(12)10-3-1-2-9(8)10/h8-12H,1-7H2,(H,15,16)(H,17,18). The number of carbonyl (C=O) groups is 2. The fraction of sp³-hybridized carbons (Fsp3) is 0.857. The highest BCUT2D eigenvalue weighted by Crippen LogP contribution is 2.58. The molecule has 5 heteroatoms. The van der Waals surface area contributed by atoms with E-state index in [9.17, 15) is 9.59 Å². The molecule has 3 fully saturated rings. The molecule has 3 aliphatic rings. The maximum Gasteiger partial charge on any atom is 0.329 e. The minimum Gasteiger partial charge on any atom is -0.480 e. The lowest BCUT2D eigenvalue weighted by atomic mass is 9.79. The summed E-state index contributed by atoms with van der Waals surface area (Å²) in [7, 11) is 0. The summed E-state index contributed by atoms with van der Waals surface area (Å²) in [4.78, 5) is 22.0. The number of carbonyl (C=O) groups excluding carboxylic acids is 1. The molecule has 5 nitrogen and oxygen atoms in total. The molecule has 3 rings (SSSR count). The van der Waals surface area contributed by atoms with Crippen molar-refractivity contribution in [1.29, 1.82) is 0 Å². The van der Waals surface area contributed by atoms with E-state index in [-0.39, 0.29) is 12.5 Å². The number of amides is 1. The monoisotopic (exact) mass is 267 g/mol. The van der Waals surface area contributed by atoms with Crippen LogP contribution in [0.15, 0.2) is 0 Å². The van der Waals surface area contributed by atoms with Crippen LogP contribution in [0.1, 0.15) is 32.1 Å². The van der Waals surface area contributed by atoms with E-state index in [1.807, 2.05) is 0 Å². The van der Waals surface area contributed by atoms with E-state index in [0.29, 0.717) is 12.0 Å². The molecule has 0 aliphatic heterocycles. The van der Waals surface area contributed by atoms with Gasteiger partial charge in [-0.1, -0.05) is 6.42 Å². The normalized spacial score (nSPS) is 39.3. The minimum atomic E-state index is -1.04. The van der Waals surface area contributed by atoms with Crippen molar-refractivity contribution in [3.63, 3.8) is 0 Å². The summed E-state index contributed by atoms with van der Waals surface area (Å²) in [6.07, 6.45) is 6.44. The number of nitrogens with one attached hydrogen (secondary N) is 1. The van der Waals surface area contributed by atoms with E-state index in [1.54, 1.807) is 0 Å². The smallest absolute Gasteiger partial charge is 0.329 e. The molecule has 0 spiro atoms. The molecule has 0 radical (unpaired) electrons. The van der Waals surface area contributed by atoms with E-state index >= 15 is 0 Å². The third kappa shape index (κ3) is 2.48. The summed E-state index contributed by atoms with van der Waals surface area (Å²) in [5, 5.41) is 11.5. The van der Waals surface area contributed by atoms with Gasteiger partial charge in [-0.05, 0) is 49.4 Å². The zero-order valence-electron chi connectivity index (χ0n) is 11.0. The molecule has 0 aromatic heterocycles. The summed E-state index contributed by atoms with van der Waals surface area (Å²) < 4.78 is 4.82. The predicted molar refractivity (Wildman–Crippen MR) is 67.4 cm³/mol. The van der Waals surface area contributed by atoms with Gasteiger partial charge in [0.1, 0.15) is 13.2 Å². The van der Waals surface area contributed by atoms with Crippen molar-refractivity contribution in [2.24, 2.45) is 23.7 Å². The van der Waals surface area contributed by atoms with Crippen LogP contribution in [0, 0.1) is 23.7 Å². The zero-order chi connectivity index (χ0) is 13.4. The van der Waals surface area contributed by atoms with Gasteiger partial charge in [0.05, 0.1) is 0 Å². The average molecular weight is 267 g/mol. The largest absolute Gasteiger partial charge is 0.480 e. The molecule has 0 aromatic carbocycles. The Balaban J connectivity index is 1.46. The van der Waals surface area contributed by atoms with Crippen molar-refractivity contribution in [2.75, 3.05) is 13.2 Å². The van der Waals surface area contributed by atoms with Crippen LogP contribution in [0.3, 0.4) is 0 Å². The van der Waals surface area contributed by atoms with Crippen LogP contribution in [0.25, 0.3) is 0 Å². The lowest BCUT2D eigenvalue weighted by molar-refractivity contribution is -0.143. The maximum atomic E-state index is 11.7.